The largest absolute Gasteiger partial charge is 0.482 e. The number of hydrogen-bond donors (Lipinski definition) is 2. The van der Waals surface area contributed by atoms with Gasteiger partial charge in [-0.1, -0.05) is 23.6 Å². The highest BCUT2D eigenvalue weighted by molar-refractivity contribution is 8.14. The Bertz CT molecular complexity index is 1040. The van der Waals surface area contributed by atoms with Crippen LogP contribution >= 0.6 is 11.8 Å². The van der Waals surface area contributed by atoms with Gasteiger partial charge in [0.15, 0.2) is 6.61 Å². The summed E-state index contributed by atoms with van der Waals surface area (Å²) in [6.45, 7) is 1.99. The van der Waals surface area contributed by atoms with Crippen molar-refractivity contribution in [1.82, 2.24) is 10.4 Å². The maximum Gasteiger partial charge on any atom is 0.341 e. The predicted molar refractivity (Wildman–Crippen MR) is 107 cm³/mol. The lowest BCUT2D eigenvalue weighted by Crippen LogP contribution is -2.51. The Morgan fingerprint density at radius 1 is 1.25 bits per heavy atom. The number of amides is 1. The minimum absolute atomic E-state index is 0.0225. The van der Waals surface area contributed by atoms with E-state index < -0.39 is 0 Å². The fourth-order valence-corrected chi connectivity index (χ4v) is 4.81. The number of nitrogens with one attached hydrogen (secondary N) is 2. The summed E-state index contributed by atoms with van der Waals surface area (Å²) in [5.41, 5.74) is 6.94. The summed E-state index contributed by atoms with van der Waals surface area (Å²) in [7, 11) is 0. The van der Waals surface area contributed by atoms with Gasteiger partial charge in [-0.3, -0.25) is 4.79 Å². The van der Waals surface area contributed by atoms with Gasteiger partial charge < -0.3 is 10.1 Å². The zero-order valence-corrected chi connectivity index (χ0v) is 15.8. The number of benzene rings is 2. The Balaban J connectivity index is 1.55. The third-order valence-corrected chi connectivity index (χ3v) is 6.18. The number of hydrazine groups is 1. The Labute approximate surface area is 165 Å². The standard InChI is InChI=1S/C20H17FN4O2S/c1-11-9-22-20-25(11)24-18(12-3-2-4-14(21)7-12)19(28-20)13-5-6-16-15(8-13)23-17(26)10-27-16/h2-9,18-19,24H,10H2,1H3,(H,23,26)/q+1. The van der Waals surface area contributed by atoms with E-state index in [-0.39, 0.29) is 29.6 Å². The van der Waals surface area contributed by atoms with Crippen LogP contribution in [0.15, 0.2) is 59.4 Å². The number of rotatable bonds is 2. The molecule has 2 unspecified atom stereocenters. The summed E-state index contributed by atoms with van der Waals surface area (Å²) in [5, 5.41) is 5.55. The van der Waals surface area contributed by atoms with Crippen LogP contribution in [-0.4, -0.2) is 17.7 Å². The number of nitrogens with zero attached hydrogens (tertiary/aromatic N) is 2. The summed E-state index contributed by atoms with van der Waals surface area (Å²) in [6.07, 6.45) is 1.81. The molecule has 2 N–H and O–H groups in total. The number of amidine groups is 1. The van der Waals surface area contributed by atoms with E-state index >= 15 is 0 Å². The van der Waals surface area contributed by atoms with Gasteiger partial charge >= 0.3 is 5.17 Å². The van der Waals surface area contributed by atoms with Crippen molar-refractivity contribution in [3.8, 4) is 5.75 Å². The van der Waals surface area contributed by atoms with Crippen molar-refractivity contribution in [1.29, 1.82) is 0 Å². The van der Waals surface area contributed by atoms with Gasteiger partial charge in [0.05, 0.1) is 17.1 Å². The van der Waals surface area contributed by atoms with Crippen LogP contribution in [0.3, 0.4) is 0 Å². The lowest BCUT2D eigenvalue weighted by molar-refractivity contribution is -0.118. The third-order valence-electron chi connectivity index (χ3n) is 4.88. The lowest BCUT2D eigenvalue weighted by Gasteiger charge is -2.31. The van der Waals surface area contributed by atoms with Crippen molar-refractivity contribution in [2.24, 2.45) is 4.99 Å². The Morgan fingerprint density at radius 2 is 2.14 bits per heavy atom. The fourth-order valence-electron chi connectivity index (χ4n) is 3.53. The van der Waals surface area contributed by atoms with Gasteiger partial charge in [0.1, 0.15) is 17.6 Å². The molecule has 0 saturated carbocycles. The molecular formula is C20H17FN4O2S+. The molecule has 8 heteroatoms. The maximum absolute atomic E-state index is 13.9. The lowest BCUT2D eigenvalue weighted by atomic mass is 9.97. The zero-order valence-electron chi connectivity index (χ0n) is 15.0. The van der Waals surface area contributed by atoms with E-state index in [0.29, 0.717) is 11.4 Å². The maximum atomic E-state index is 13.9. The van der Waals surface area contributed by atoms with Crippen LogP contribution in [0.4, 0.5) is 10.1 Å². The number of ether oxygens (including phenoxy) is 1. The van der Waals surface area contributed by atoms with Gasteiger partial charge in [-0.25, -0.2) is 4.39 Å². The Hall–Kier alpha value is -2.68. The molecule has 28 heavy (non-hydrogen) atoms. The minimum atomic E-state index is -0.276. The molecule has 5 rings (SSSR count). The quantitative estimate of drug-likeness (QED) is 0.762. The van der Waals surface area contributed by atoms with E-state index in [1.54, 1.807) is 30.1 Å². The molecule has 1 saturated heterocycles. The van der Waals surface area contributed by atoms with Crippen LogP contribution in [0.5, 0.6) is 5.75 Å². The minimum Gasteiger partial charge on any atom is -0.482 e. The van der Waals surface area contributed by atoms with Crippen molar-refractivity contribution >= 4 is 28.5 Å². The second kappa shape index (κ2) is 6.73. The first-order chi connectivity index (χ1) is 13.6. The summed E-state index contributed by atoms with van der Waals surface area (Å²) in [4.78, 5) is 16.2. The van der Waals surface area contributed by atoms with Crippen molar-refractivity contribution in [3.63, 3.8) is 0 Å². The number of hydrogen-bond acceptors (Lipinski definition) is 6. The normalized spacial score (nSPS) is 23.9. The average molecular weight is 396 g/mol. The molecule has 2 aromatic rings. The molecule has 3 heterocycles. The monoisotopic (exact) mass is 396 g/mol. The predicted octanol–water partition coefficient (Wildman–Crippen LogP) is 3.56. The van der Waals surface area contributed by atoms with Crippen LogP contribution in [0.25, 0.3) is 0 Å². The van der Waals surface area contributed by atoms with Crippen LogP contribution < -0.4 is 20.5 Å². The first-order valence-corrected chi connectivity index (χ1v) is 9.76. The van der Waals surface area contributed by atoms with Crippen molar-refractivity contribution in [2.45, 2.75) is 18.2 Å². The molecule has 3 aliphatic rings. The highest BCUT2D eigenvalue weighted by atomic mass is 32.2. The van der Waals surface area contributed by atoms with E-state index in [1.165, 1.54) is 6.07 Å². The highest BCUT2D eigenvalue weighted by Crippen LogP contribution is 2.47. The smallest absolute Gasteiger partial charge is 0.341 e. The van der Waals surface area contributed by atoms with E-state index in [9.17, 15) is 9.18 Å². The van der Waals surface area contributed by atoms with Gasteiger partial charge in [0, 0.05) is 11.9 Å². The second-order valence-corrected chi connectivity index (χ2v) is 7.92. The highest BCUT2D eigenvalue weighted by Gasteiger charge is 2.46. The average Bonchev–Trinajstić information content (AvgIpc) is 3.06. The fraction of sp³-hybridized carbons (Fsp3) is 0.200. The Kier molecular flexibility index (Phi) is 4.19. The SMILES string of the molecule is CC1=CN=C2SC(c3ccc4c(c3)NC(=O)CO4)C(c3cccc(F)c3)N[N+]12. The van der Waals surface area contributed by atoms with E-state index in [4.69, 9.17) is 4.74 Å². The summed E-state index contributed by atoms with van der Waals surface area (Å²) < 4.78 is 19.4. The van der Waals surface area contributed by atoms with Gasteiger partial charge in [-0.15, -0.1) is 0 Å². The van der Waals surface area contributed by atoms with Gasteiger partial charge in [0.2, 0.25) is 5.70 Å². The number of carbonyl (C=O) groups excluding carboxylic acids is 1. The van der Waals surface area contributed by atoms with Crippen molar-refractivity contribution in [3.05, 3.63) is 71.3 Å². The number of aliphatic imine (C=N–C) groups is 1. The number of allylic oxidation sites excluding steroid dienone is 1. The molecule has 6 nitrogen and oxygen atoms in total. The molecule has 2 atom stereocenters. The molecule has 141 valence electrons. The van der Waals surface area contributed by atoms with Crippen LogP contribution in [-0.2, 0) is 4.79 Å². The molecule has 0 bridgehead atoms. The van der Waals surface area contributed by atoms with Gasteiger partial charge in [-0.05, 0) is 47.2 Å². The summed E-state index contributed by atoms with van der Waals surface area (Å²) >= 11 is 1.60. The second-order valence-electron chi connectivity index (χ2n) is 6.81. The Morgan fingerprint density at radius 3 is 3.00 bits per heavy atom. The number of fused-ring (bicyclic) bond motifs is 2. The summed E-state index contributed by atoms with van der Waals surface area (Å²) in [5.74, 6) is 0.200. The number of halogens is 1. The topological polar surface area (TPSA) is 68.6 Å². The van der Waals surface area contributed by atoms with E-state index in [1.807, 2.05) is 36.2 Å². The first-order valence-electron chi connectivity index (χ1n) is 8.88. The molecule has 0 spiro atoms. The molecule has 1 amide bonds. The number of carbonyl (C=O) groups is 1. The first kappa shape index (κ1) is 17.4. The zero-order chi connectivity index (χ0) is 19.3. The van der Waals surface area contributed by atoms with Crippen LogP contribution in [0.1, 0.15) is 29.3 Å². The number of anilines is 1. The van der Waals surface area contributed by atoms with Crippen LogP contribution in [0.2, 0.25) is 0 Å². The molecule has 1 radical (unpaired) electrons. The number of thioether (sulfide) groups is 1. The van der Waals surface area contributed by atoms with Gasteiger partial charge in [0.25, 0.3) is 5.91 Å². The molecule has 1 fully saturated rings. The van der Waals surface area contributed by atoms with Crippen molar-refractivity contribution < 1.29 is 13.9 Å². The van der Waals surface area contributed by atoms with Crippen molar-refractivity contribution in [2.75, 3.05) is 11.9 Å². The molecule has 0 aliphatic carbocycles. The molecule has 2 aromatic carbocycles. The molecule has 3 aliphatic heterocycles. The van der Waals surface area contributed by atoms with Gasteiger partial charge in [-0.2, -0.15) is 4.99 Å². The van der Waals surface area contributed by atoms with Crippen LogP contribution in [0, 0.1) is 5.82 Å². The summed E-state index contributed by atoms with van der Waals surface area (Å²) in [6, 6.07) is 12.2. The van der Waals surface area contributed by atoms with E-state index in [2.05, 4.69) is 15.7 Å². The van der Waals surface area contributed by atoms with E-state index in [0.717, 1.165) is 22.0 Å². The molecular weight excluding hydrogens is 379 g/mol. The third kappa shape index (κ3) is 2.99. The molecule has 0 aromatic heterocycles.